The molecule has 0 aliphatic heterocycles. The first-order valence-corrected chi connectivity index (χ1v) is 6.65. The number of aromatic nitrogens is 2. The molecule has 0 amide bonds. The van der Waals surface area contributed by atoms with Crippen LogP contribution in [0.15, 0.2) is 60.7 Å². The van der Waals surface area contributed by atoms with Gasteiger partial charge in [0.2, 0.25) is 5.88 Å². The fraction of sp³-hybridized carbons (Fsp3) is 0.0588. The molecule has 0 spiro atoms. The predicted octanol–water partition coefficient (Wildman–Crippen LogP) is 3.83. The van der Waals surface area contributed by atoms with Gasteiger partial charge in [-0.2, -0.15) is 4.98 Å². The fourth-order valence-corrected chi connectivity index (χ4v) is 1.94. The Labute approximate surface area is 123 Å². The van der Waals surface area contributed by atoms with Crippen molar-refractivity contribution in [3.63, 3.8) is 0 Å². The zero-order chi connectivity index (χ0) is 14.7. The van der Waals surface area contributed by atoms with Crippen LogP contribution in [-0.2, 0) is 0 Å². The van der Waals surface area contributed by atoms with E-state index in [0.29, 0.717) is 17.5 Å². The Morgan fingerprint density at radius 2 is 1.62 bits per heavy atom. The van der Waals surface area contributed by atoms with Crippen molar-refractivity contribution in [3.05, 3.63) is 66.2 Å². The molecule has 4 heteroatoms. The summed E-state index contributed by atoms with van der Waals surface area (Å²) in [6.07, 6.45) is 0. The quantitative estimate of drug-likeness (QED) is 0.790. The number of nitrogen functional groups attached to an aromatic ring is 1. The molecule has 3 rings (SSSR count). The zero-order valence-electron chi connectivity index (χ0n) is 11.7. The van der Waals surface area contributed by atoms with Gasteiger partial charge in [-0.1, -0.05) is 48.0 Å². The molecule has 0 saturated carbocycles. The van der Waals surface area contributed by atoms with E-state index in [1.165, 1.54) is 5.56 Å². The van der Waals surface area contributed by atoms with Gasteiger partial charge in [-0.05, 0) is 19.1 Å². The van der Waals surface area contributed by atoms with Crippen molar-refractivity contribution in [2.45, 2.75) is 6.92 Å². The standard InChI is InChI=1S/C17H15N3O/c1-12-7-9-14(10-8-12)21-16-11-15(18)19-17(20-16)13-5-3-2-4-6-13/h2-11H,1H3,(H2,18,19,20). The van der Waals surface area contributed by atoms with Crippen LogP contribution in [-0.4, -0.2) is 9.97 Å². The highest BCUT2D eigenvalue weighted by Gasteiger charge is 2.07. The summed E-state index contributed by atoms with van der Waals surface area (Å²) in [6.45, 7) is 2.03. The summed E-state index contributed by atoms with van der Waals surface area (Å²) in [7, 11) is 0. The molecule has 0 radical (unpaired) electrons. The first kappa shape index (κ1) is 13.1. The normalized spacial score (nSPS) is 10.3. The van der Waals surface area contributed by atoms with E-state index in [0.717, 1.165) is 11.3 Å². The van der Waals surface area contributed by atoms with Crippen LogP contribution in [0.25, 0.3) is 11.4 Å². The number of aryl methyl sites for hydroxylation is 1. The monoisotopic (exact) mass is 277 g/mol. The minimum Gasteiger partial charge on any atom is -0.439 e. The molecule has 2 N–H and O–H groups in total. The molecular weight excluding hydrogens is 262 g/mol. The number of anilines is 1. The van der Waals surface area contributed by atoms with Crippen LogP contribution in [0, 0.1) is 6.92 Å². The highest BCUT2D eigenvalue weighted by molar-refractivity contribution is 5.57. The highest BCUT2D eigenvalue weighted by Crippen LogP contribution is 2.24. The maximum absolute atomic E-state index is 5.84. The van der Waals surface area contributed by atoms with Gasteiger partial charge >= 0.3 is 0 Å². The van der Waals surface area contributed by atoms with Gasteiger partial charge in [-0.25, -0.2) is 4.98 Å². The molecule has 0 unspecified atom stereocenters. The van der Waals surface area contributed by atoms with Gasteiger partial charge in [0, 0.05) is 11.6 Å². The predicted molar refractivity (Wildman–Crippen MR) is 83.1 cm³/mol. The van der Waals surface area contributed by atoms with E-state index in [1.807, 2.05) is 61.5 Å². The lowest BCUT2D eigenvalue weighted by Gasteiger charge is -2.08. The maximum Gasteiger partial charge on any atom is 0.224 e. The van der Waals surface area contributed by atoms with Crippen LogP contribution in [0.5, 0.6) is 11.6 Å². The second-order valence-corrected chi connectivity index (χ2v) is 4.74. The number of hydrogen-bond donors (Lipinski definition) is 1. The lowest BCUT2D eigenvalue weighted by molar-refractivity contribution is 0.462. The minimum atomic E-state index is 0.381. The summed E-state index contributed by atoms with van der Waals surface area (Å²) in [6, 6.07) is 19.1. The summed E-state index contributed by atoms with van der Waals surface area (Å²) in [5.74, 6) is 2.09. The summed E-state index contributed by atoms with van der Waals surface area (Å²) in [5.41, 5.74) is 7.92. The molecule has 1 heterocycles. The van der Waals surface area contributed by atoms with Crippen molar-refractivity contribution in [2.24, 2.45) is 0 Å². The maximum atomic E-state index is 5.84. The van der Waals surface area contributed by atoms with Gasteiger partial charge in [0.15, 0.2) is 5.82 Å². The van der Waals surface area contributed by atoms with E-state index >= 15 is 0 Å². The number of rotatable bonds is 3. The summed E-state index contributed by atoms with van der Waals surface area (Å²) in [5, 5.41) is 0. The van der Waals surface area contributed by atoms with Crippen LogP contribution in [0.3, 0.4) is 0 Å². The molecule has 4 nitrogen and oxygen atoms in total. The van der Waals surface area contributed by atoms with Crippen LogP contribution in [0.4, 0.5) is 5.82 Å². The van der Waals surface area contributed by atoms with Crippen molar-refractivity contribution in [1.82, 2.24) is 9.97 Å². The third-order valence-corrected chi connectivity index (χ3v) is 3.00. The van der Waals surface area contributed by atoms with Crippen LogP contribution in [0.1, 0.15) is 5.56 Å². The van der Waals surface area contributed by atoms with Crippen LogP contribution < -0.4 is 10.5 Å². The number of nitrogens with two attached hydrogens (primary N) is 1. The molecule has 0 aliphatic carbocycles. The summed E-state index contributed by atoms with van der Waals surface area (Å²) in [4.78, 5) is 8.65. The van der Waals surface area contributed by atoms with E-state index in [1.54, 1.807) is 6.07 Å². The molecule has 0 saturated heterocycles. The minimum absolute atomic E-state index is 0.381. The Bertz CT molecular complexity index is 740. The lowest BCUT2D eigenvalue weighted by Crippen LogP contribution is -1.98. The molecule has 21 heavy (non-hydrogen) atoms. The van der Waals surface area contributed by atoms with Crippen LogP contribution >= 0.6 is 0 Å². The largest absolute Gasteiger partial charge is 0.439 e. The molecule has 0 aliphatic rings. The molecule has 3 aromatic rings. The van der Waals surface area contributed by atoms with Gasteiger partial charge in [0.05, 0.1) is 0 Å². The second-order valence-electron chi connectivity index (χ2n) is 4.74. The molecular formula is C17H15N3O. The van der Waals surface area contributed by atoms with E-state index in [4.69, 9.17) is 10.5 Å². The SMILES string of the molecule is Cc1ccc(Oc2cc(N)nc(-c3ccccc3)n2)cc1. The molecule has 104 valence electrons. The molecule has 0 atom stereocenters. The number of ether oxygens (including phenoxy) is 1. The lowest BCUT2D eigenvalue weighted by atomic mass is 10.2. The third-order valence-electron chi connectivity index (χ3n) is 3.00. The summed E-state index contributed by atoms with van der Waals surface area (Å²) < 4.78 is 5.75. The first-order valence-electron chi connectivity index (χ1n) is 6.65. The van der Waals surface area contributed by atoms with E-state index < -0.39 is 0 Å². The molecule has 1 aromatic heterocycles. The summed E-state index contributed by atoms with van der Waals surface area (Å²) >= 11 is 0. The van der Waals surface area contributed by atoms with E-state index in [2.05, 4.69) is 9.97 Å². The van der Waals surface area contributed by atoms with Crippen molar-refractivity contribution in [2.75, 3.05) is 5.73 Å². The molecule has 2 aromatic carbocycles. The average molecular weight is 277 g/mol. The number of nitrogens with zero attached hydrogens (tertiary/aromatic N) is 2. The van der Waals surface area contributed by atoms with Crippen molar-refractivity contribution < 1.29 is 4.74 Å². The second kappa shape index (κ2) is 5.63. The van der Waals surface area contributed by atoms with Gasteiger partial charge in [0.25, 0.3) is 0 Å². The Balaban J connectivity index is 1.93. The van der Waals surface area contributed by atoms with Gasteiger partial charge in [-0.3, -0.25) is 0 Å². The number of hydrogen-bond acceptors (Lipinski definition) is 4. The third kappa shape index (κ3) is 3.17. The Morgan fingerprint density at radius 3 is 2.33 bits per heavy atom. The van der Waals surface area contributed by atoms with Gasteiger partial charge in [-0.15, -0.1) is 0 Å². The van der Waals surface area contributed by atoms with E-state index in [-0.39, 0.29) is 0 Å². The topological polar surface area (TPSA) is 61.0 Å². The van der Waals surface area contributed by atoms with Gasteiger partial charge in [0.1, 0.15) is 11.6 Å². The van der Waals surface area contributed by atoms with Gasteiger partial charge < -0.3 is 10.5 Å². The zero-order valence-corrected chi connectivity index (χ0v) is 11.7. The Morgan fingerprint density at radius 1 is 0.905 bits per heavy atom. The Kier molecular flexibility index (Phi) is 3.51. The fourth-order valence-electron chi connectivity index (χ4n) is 1.94. The molecule has 0 fully saturated rings. The van der Waals surface area contributed by atoms with E-state index in [9.17, 15) is 0 Å². The highest BCUT2D eigenvalue weighted by atomic mass is 16.5. The van der Waals surface area contributed by atoms with Crippen molar-refractivity contribution >= 4 is 5.82 Å². The average Bonchev–Trinajstić information content (AvgIpc) is 2.50. The number of benzene rings is 2. The first-order chi connectivity index (χ1) is 10.2. The Hall–Kier alpha value is -2.88. The van der Waals surface area contributed by atoms with Crippen molar-refractivity contribution in [3.8, 4) is 23.0 Å². The smallest absolute Gasteiger partial charge is 0.224 e. The van der Waals surface area contributed by atoms with Crippen LogP contribution in [0.2, 0.25) is 0 Å². The van der Waals surface area contributed by atoms with Crippen molar-refractivity contribution in [1.29, 1.82) is 0 Å². The molecule has 0 bridgehead atoms.